The number of hydrogen-bond acceptors (Lipinski definition) is 5. The molecule has 0 aromatic heterocycles. The molecule has 6 nitrogen and oxygen atoms in total. The van der Waals surface area contributed by atoms with Crippen molar-refractivity contribution in [3.8, 4) is 0 Å². The van der Waals surface area contributed by atoms with Gasteiger partial charge in [-0.1, -0.05) is 75.5 Å². The molecule has 2 fully saturated rings. The average Bonchev–Trinajstić information content (AvgIpc) is 3.39. The number of carbonyl (C=O) groups is 4. The van der Waals surface area contributed by atoms with Gasteiger partial charge in [0.1, 0.15) is 0 Å². The van der Waals surface area contributed by atoms with E-state index in [4.69, 9.17) is 27.9 Å². The highest BCUT2D eigenvalue weighted by molar-refractivity contribution is 9.10. The van der Waals surface area contributed by atoms with Crippen LogP contribution in [0.15, 0.2) is 71.2 Å². The van der Waals surface area contributed by atoms with Crippen molar-refractivity contribution in [2.45, 2.75) is 11.7 Å². The number of amides is 2. The summed E-state index contributed by atoms with van der Waals surface area (Å²) < 4.78 is 7.05. The van der Waals surface area contributed by atoms with Crippen LogP contribution in [0.4, 0.5) is 5.69 Å². The summed E-state index contributed by atoms with van der Waals surface area (Å²) in [6.45, 7) is 0. The van der Waals surface area contributed by atoms with Crippen molar-refractivity contribution in [1.82, 2.24) is 0 Å². The fourth-order valence-electron chi connectivity index (χ4n) is 5.39. The average molecular weight is 571 g/mol. The van der Waals surface area contributed by atoms with Gasteiger partial charge < -0.3 is 4.74 Å². The number of carbonyl (C=O) groups excluding carboxylic acids is 4. The summed E-state index contributed by atoms with van der Waals surface area (Å²) in [6, 6.07) is 17.7. The second-order valence-corrected chi connectivity index (χ2v) is 10.5. The van der Waals surface area contributed by atoms with Crippen molar-refractivity contribution >= 4 is 68.2 Å². The topological polar surface area (TPSA) is 80.8 Å². The molecular weight excluding hydrogens is 557 g/mol. The fraction of sp³-hybridized carbons (Fsp3) is 0.154. The van der Waals surface area contributed by atoms with Crippen molar-refractivity contribution in [2.75, 3.05) is 4.90 Å². The number of benzene rings is 3. The number of ether oxygens (including phenoxy) is 1. The van der Waals surface area contributed by atoms with Crippen LogP contribution in [0.2, 0.25) is 10.0 Å². The van der Waals surface area contributed by atoms with Crippen molar-refractivity contribution in [2.24, 2.45) is 11.8 Å². The van der Waals surface area contributed by atoms with E-state index in [1.54, 1.807) is 36.4 Å². The van der Waals surface area contributed by atoms with Gasteiger partial charge >= 0.3 is 0 Å². The van der Waals surface area contributed by atoms with Crippen LogP contribution < -0.4 is 4.90 Å². The Morgan fingerprint density at radius 3 is 1.94 bits per heavy atom. The lowest BCUT2D eigenvalue weighted by Gasteiger charge is -2.27. The molecule has 9 heteroatoms. The lowest BCUT2D eigenvalue weighted by atomic mass is 9.77. The van der Waals surface area contributed by atoms with Gasteiger partial charge in [0.05, 0.1) is 23.6 Å². The molecule has 3 aromatic carbocycles. The smallest absolute Gasteiger partial charge is 0.241 e. The van der Waals surface area contributed by atoms with E-state index < -0.39 is 46.9 Å². The first kappa shape index (κ1) is 22.6. The Kier molecular flexibility index (Phi) is 5.06. The normalized spacial score (nSPS) is 24.4. The summed E-state index contributed by atoms with van der Waals surface area (Å²) in [5, 5.41) is 0.474. The number of Topliss-reactive ketones (excluding diaryl/α,β-unsaturated/α-hetero) is 2. The number of imide groups is 1. The highest BCUT2D eigenvalue weighted by Gasteiger charge is 2.74. The maximum Gasteiger partial charge on any atom is 0.241 e. The molecule has 3 aliphatic rings. The van der Waals surface area contributed by atoms with E-state index in [9.17, 15) is 19.2 Å². The summed E-state index contributed by atoms with van der Waals surface area (Å²) in [7, 11) is 0. The van der Waals surface area contributed by atoms with Crippen LogP contribution in [0.1, 0.15) is 32.4 Å². The Hall–Kier alpha value is -2.84. The lowest BCUT2D eigenvalue weighted by molar-refractivity contribution is -0.127. The Morgan fingerprint density at radius 2 is 1.37 bits per heavy atom. The van der Waals surface area contributed by atoms with Crippen LogP contribution in [0, 0.1) is 11.8 Å². The highest BCUT2D eigenvalue weighted by Crippen LogP contribution is 2.57. The predicted molar refractivity (Wildman–Crippen MR) is 132 cm³/mol. The van der Waals surface area contributed by atoms with E-state index in [1.807, 2.05) is 0 Å². The molecule has 0 radical (unpaired) electrons. The maximum absolute atomic E-state index is 13.9. The minimum absolute atomic E-state index is 0.173. The lowest BCUT2D eigenvalue weighted by Crippen LogP contribution is -2.51. The first-order chi connectivity index (χ1) is 16.7. The van der Waals surface area contributed by atoms with Crippen LogP contribution in [-0.4, -0.2) is 29.0 Å². The predicted octanol–water partition coefficient (Wildman–Crippen LogP) is 5.45. The van der Waals surface area contributed by atoms with Gasteiger partial charge in [0, 0.05) is 25.6 Å². The largest absolute Gasteiger partial charge is 0.349 e. The number of hydrogen-bond donors (Lipinski definition) is 0. The number of halogens is 3. The second-order valence-electron chi connectivity index (χ2n) is 8.67. The van der Waals surface area contributed by atoms with Gasteiger partial charge in [0.25, 0.3) is 0 Å². The quantitative estimate of drug-likeness (QED) is 0.302. The number of fused-ring (bicyclic) bond motifs is 3. The van der Waals surface area contributed by atoms with Gasteiger partial charge in [0.2, 0.25) is 29.0 Å². The minimum Gasteiger partial charge on any atom is -0.349 e. The van der Waals surface area contributed by atoms with Crippen molar-refractivity contribution in [3.05, 3.63) is 97.9 Å². The summed E-state index contributed by atoms with van der Waals surface area (Å²) in [5.74, 6) is -4.94. The van der Waals surface area contributed by atoms with Gasteiger partial charge in [-0.3, -0.25) is 19.2 Å². The van der Waals surface area contributed by atoms with Gasteiger partial charge in [-0.2, -0.15) is 0 Å². The molecule has 2 aliphatic heterocycles. The molecule has 0 saturated carbocycles. The molecule has 3 unspecified atom stereocenters. The molecule has 2 heterocycles. The van der Waals surface area contributed by atoms with E-state index in [-0.39, 0.29) is 26.9 Å². The third kappa shape index (κ3) is 3.05. The Balaban J connectivity index is 1.55. The zero-order chi connectivity index (χ0) is 24.6. The number of anilines is 1. The summed E-state index contributed by atoms with van der Waals surface area (Å²) in [4.78, 5) is 56.1. The molecule has 1 aliphatic carbocycles. The van der Waals surface area contributed by atoms with Gasteiger partial charge in [-0.05, 0) is 35.9 Å². The molecule has 1 spiro atoms. The molecule has 0 bridgehead atoms. The van der Waals surface area contributed by atoms with Crippen molar-refractivity contribution in [3.63, 3.8) is 0 Å². The van der Waals surface area contributed by atoms with Crippen molar-refractivity contribution < 1.29 is 23.9 Å². The molecule has 3 atom stereocenters. The number of nitrogens with zero attached hydrogens (tertiary/aromatic N) is 1. The van der Waals surface area contributed by atoms with Gasteiger partial charge in [-0.25, -0.2) is 4.90 Å². The van der Waals surface area contributed by atoms with E-state index in [2.05, 4.69) is 15.9 Å². The Morgan fingerprint density at radius 1 is 0.800 bits per heavy atom. The van der Waals surface area contributed by atoms with Crippen LogP contribution in [0.25, 0.3) is 0 Å². The number of rotatable bonds is 2. The third-order valence-electron chi connectivity index (χ3n) is 6.82. The molecule has 3 aromatic rings. The molecule has 174 valence electrons. The molecule has 6 rings (SSSR count). The van der Waals surface area contributed by atoms with Crippen LogP contribution in [0.5, 0.6) is 0 Å². The molecule has 0 N–H and O–H groups in total. The van der Waals surface area contributed by atoms with Crippen LogP contribution >= 0.6 is 39.1 Å². The standard InChI is InChI=1S/C26H14BrCl2NO5/c27-13-7-5-12(6-8-13)21-19-20(25(34)30(24(19)33)16-10-14(28)9-15(29)11-16)26(35-21)22(31)17-3-1-2-4-18(17)23(26)32/h1-11,19-21H. The third-order valence-corrected chi connectivity index (χ3v) is 7.79. The van der Waals surface area contributed by atoms with Crippen LogP contribution in [0.3, 0.4) is 0 Å². The van der Waals surface area contributed by atoms with Gasteiger partial charge in [0.15, 0.2) is 0 Å². The zero-order valence-corrected chi connectivity index (χ0v) is 20.8. The minimum atomic E-state index is -2.13. The summed E-state index contributed by atoms with van der Waals surface area (Å²) in [6.07, 6.45) is -0.994. The molecule has 2 saturated heterocycles. The summed E-state index contributed by atoms with van der Waals surface area (Å²) in [5.41, 5.74) is -1.03. The monoisotopic (exact) mass is 569 g/mol. The fourth-order valence-corrected chi connectivity index (χ4v) is 6.17. The van der Waals surface area contributed by atoms with E-state index in [0.717, 1.165) is 9.37 Å². The Bertz CT molecular complexity index is 1420. The SMILES string of the molecule is O=C1C2C(c3ccc(Br)cc3)OC3(C(=O)c4ccccc4C3=O)C2C(=O)N1c1cc(Cl)cc(Cl)c1. The zero-order valence-electron chi connectivity index (χ0n) is 17.7. The van der Waals surface area contributed by atoms with Gasteiger partial charge in [-0.15, -0.1) is 0 Å². The van der Waals surface area contributed by atoms with Crippen LogP contribution in [-0.2, 0) is 14.3 Å². The first-order valence-electron chi connectivity index (χ1n) is 10.7. The van der Waals surface area contributed by atoms with Crippen molar-refractivity contribution in [1.29, 1.82) is 0 Å². The maximum atomic E-state index is 13.9. The number of ketones is 2. The van der Waals surface area contributed by atoms with E-state index in [0.29, 0.717) is 5.56 Å². The highest BCUT2D eigenvalue weighted by atomic mass is 79.9. The van der Waals surface area contributed by atoms with E-state index >= 15 is 0 Å². The molecule has 2 amide bonds. The molecule has 35 heavy (non-hydrogen) atoms. The summed E-state index contributed by atoms with van der Waals surface area (Å²) >= 11 is 15.7. The van der Waals surface area contributed by atoms with E-state index in [1.165, 1.54) is 30.3 Å². The first-order valence-corrected chi connectivity index (χ1v) is 12.2. The Labute approximate surface area is 217 Å². The second kappa shape index (κ2) is 7.83. The molecular formula is C26H14BrCl2NO5.